The van der Waals surface area contributed by atoms with E-state index in [0.717, 1.165) is 30.0 Å². The smallest absolute Gasteiger partial charge is 0.233 e. The molecule has 1 saturated carbocycles. The van der Waals surface area contributed by atoms with Crippen LogP contribution in [-0.2, 0) is 11.2 Å². The van der Waals surface area contributed by atoms with E-state index in [1.54, 1.807) is 0 Å². The summed E-state index contributed by atoms with van der Waals surface area (Å²) in [6, 6.07) is 7.70. The van der Waals surface area contributed by atoms with E-state index in [-0.39, 0.29) is 11.8 Å². The summed E-state index contributed by atoms with van der Waals surface area (Å²) in [4.78, 5) is 18.7. The van der Waals surface area contributed by atoms with Crippen molar-refractivity contribution in [3.63, 3.8) is 0 Å². The molecule has 0 radical (unpaired) electrons. The lowest BCUT2D eigenvalue weighted by molar-refractivity contribution is -0.135. The zero-order chi connectivity index (χ0) is 16.5. The molecule has 2 aromatic rings. The third kappa shape index (κ3) is 3.13. The molecule has 2 heterocycles. The fourth-order valence-corrected chi connectivity index (χ4v) is 2.92. The molecule has 1 aromatic heterocycles. The van der Waals surface area contributed by atoms with E-state index in [0.29, 0.717) is 37.9 Å². The maximum absolute atomic E-state index is 12.3. The fourth-order valence-electron chi connectivity index (χ4n) is 2.92. The lowest BCUT2D eigenvalue weighted by Gasteiger charge is -2.37. The first-order chi connectivity index (χ1) is 11.7. The second kappa shape index (κ2) is 6.26. The fraction of sp³-hybridized carbons (Fsp3) is 0.500. The minimum atomic E-state index is 0.136. The third-order valence-corrected chi connectivity index (χ3v) is 4.57. The standard InChI is InChI=1S/C18H21N3O3/c1-2-23-15-7-3-12(4-8-15)9-16(22)21-10-14(11-21)18-19-17(20-24-18)13-5-6-13/h3-4,7-8,13-14H,2,5-6,9-11H2,1H3. The second-order valence-electron chi connectivity index (χ2n) is 6.51. The number of benzene rings is 1. The number of rotatable bonds is 6. The maximum atomic E-state index is 12.3. The largest absolute Gasteiger partial charge is 0.494 e. The lowest BCUT2D eigenvalue weighted by Crippen LogP contribution is -2.49. The Labute approximate surface area is 140 Å². The third-order valence-electron chi connectivity index (χ3n) is 4.57. The van der Waals surface area contributed by atoms with Crippen LogP contribution in [0.1, 0.15) is 48.9 Å². The molecule has 0 spiro atoms. The predicted molar refractivity (Wildman–Crippen MR) is 86.9 cm³/mol. The van der Waals surface area contributed by atoms with Crippen LogP contribution in [0.25, 0.3) is 0 Å². The van der Waals surface area contributed by atoms with E-state index in [1.165, 1.54) is 0 Å². The van der Waals surface area contributed by atoms with Gasteiger partial charge in [0.25, 0.3) is 0 Å². The van der Waals surface area contributed by atoms with Gasteiger partial charge in [-0.05, 0) is 37.5 Å². The van der Waals surface area contributed by atoms with Gasteiger partial charge in [-0.15, -0.1) is 0 Å². The zero-order valence-corrected chi connectivity index (χ0v) is 13.8. The molecule has 24 heavy (non-hydrogen) atoms. The molecular formula is C18H21N3O3. The predicted octanol–water partition coefficient (Wildman–Crippen LogP) is 2.51. The topological polar surface area (TPSA) is 68.5 Å². The SMILES string of the molecule is CCOc1ccc(CC(=O)N2CC(c3nc(C4CC4)no3)C2)cc1. The van der Waals surface area contributed by atoms with Gasteiger partial charge in [0.15, 0.2) is 5.82 Å². The molecule has 2 aliphatic rings. The Balaban J connectivity index is 1.28. The van der Waals surface area contributed by atoms with Crippen LogP contribution in [0.2, 0.25) is 0 Å². The number of carbonyl (C=O) groups excluding carboxylic acids is 1. The normalized spacial score (nSPS) is 17.6. The van der Waals surface area contributed by atoms with Crippen LogP contribution in [-0.4, -0.2) is 40.6 Å². The number of amides is 1. The van der Waals surface area contributed by atoms with Crippen LogP contribution < -0.4 is 4.74 Å². The molecule has 6 nitrogen and oxygen atoms in total. The number of aromatic nitrogens is 2. The second-order valence-corrected chi connectivity index (χ2v) is 6.51. The first kappa shape index (κ1) is 15.2. The Kier molecular flexibility index (Phi) is 3.96. The van der Waals surface area contributed by atoms with E-state index < -0.39 is 0 Å². The highest BCUT2D eigenvalue weighted by atomic mass is 16.5. The van der Waals surface area contributed by atoms with Crippen molar-refractivity contribution in [1.29, 1.82) is 0 Å². The number of likely N-dealkylation sites (tertiary alicyclic amines) is 1. The highest BCUT2D eigenvalue weighted by Gasteiger charge is 2.37. The summed E-state index contributed by atoms with van der Waals surface area (Å²) < 4.78 is 10.8. The highest BCUT2D eigenvalue weighted by Crippen LogP contribution is 2.39. The van der Waals surface area contributed by atoms with Gasteiger partial charge in [0, 0.05) is 19.0 Å². The average Bonchev–Trinajstić information content (AvgIpc) is 3.27. The van der Waals surface area contributed by atoms with Crippen LogP contribution >= 0.6 is 0 Å². The molecule has 1 aliphatic carbocycles. The van der Waals surface area contributed by atoms with Crippen LogP contribution in [0.5, 0.6) is 5.75 Å². The molecule has 0 N–H and O–H groups in total. The molecule has 1 aromatic carbocycles. The van der Waals surface area contributed by atoms with Crippen molar-refractivity contribution in [2.45, 2.75) is 38.0 Å². The average molecular weight is 327 g/mol. The van der Waals surface area contributed by atoms with Gasteiger partial charge in [-0.3, -0.25) is 4.79 Å². The zero-order valence-electron chi connectivity index (χ0n) is 13.8. The number of hydrogen-bond acceptors (Lipinski definition) is 5. The number of ether oxygens (including phenoxy) is 1. The molecule has 4 rings (SSSR count). The van der Waals surface area contributed by atoms with Gasteiger partial charge in [0.2, 0.25) is 11.8 Å². The van der Waals surface area contributed by atoms with Gasteiger partial charge in [-0.2, -0.15) is 4.98 Å². The van der Waals surface area contributed by atoms with Crippen LogP contribution in [0, 0.1) is 0 Å². The maximum Gasteiger partial charge on any atom is 0.233 e. The van der Waals surface area contributed by atoms with Crippen LogP contribution in [0.3, 0.4) is 0 Å². The van der Waals surface area contributed by atoms with Crippen molar-refractivity contribution in [3.05, 3.63) is 41.5 Å². The Morgan fingerprint density at radius 2 is 2.00 bits per heavy atom. The van der Waals surface area contributed by atoms with Gasteiger partial charge < -0.3 is 14.2 Å². The van der Waals surface area contributed by atoms with Gasteiger partial charge >= 0.3 is 0 Å². The molecule has 126 valence electrons. The summed E-state index contributed by atoms with van der Waals surface area (Å²) in [5.41, 5.74) is 1.00. The van der Waals surface area contributed by atoms with Crippen molar-refractivity contribution >= 4 is 5.91 Å². The molecule has 2 fully saturated rings. The first-order valence-corrected chi connectivity index (χ1v) is 8.56. The van der Waals surface area contributed by atoms with E-state index in [2.05, 4.69) is 10.1 Å². The van der Waals surface area contributed by atoms with Gasteiger partial charge in [0.1, 0.15) is 5.75 Å². The number of carbonyl (C=O) groups is 1. The van der Waals surface area contributed by atoms with Crippen molar-refractivity contribution in [3.8, 4) is 5.75 Å². The minimum Gasteiger partial charge on any atom is -0.494 e. The van der Waals surface area contributed by atoms with E-state index in [9.17, 15) is 4.79 Å². The summed E-state index contributed by atoms with van der Waals surface area (Å²) in [5.74, 6) is 3.18. The van der Waals surface area contributed by atoms with E-state index in [1.807, 2.05) is 36.1 Å². The van der Waals surface area contributed by atoms with Crippen molar-refractivity contribution in [2.75, 3.05) is 19.7 Å². The number of hydrogen-bond donors (Lipinski definition) is 0. The van der Waals surface area contributed by atoms with Crippen molar-refractivity contribution < 1.29 is 14.1 Å². The van der Waals surface area contributed by atoms with Gasteiger partial charge in [0.05, 0.1) is 18.9 Å². The Bertz CT molecular complexity index is 715. The van der Waals surface area contributed by atoms with Crippen LogP contribution in [0.15, 0.2) is 28.8 Å². The summed E-state index contributed by atoms with van der Waals surface area (Å²) in [7, 11) is 0. The monoisotopic (exact) mass is 327 g/mol. The molecule has 1 saturated heterocycles. The summed E-state index contributed by atoms with van der Waals surface area (Å²) >= 11 is 0. The Hall–Kier alpha value is -2.37. The first-order valence-electron chi connectivity index (χ1n) is 8.56. The summed E-state index contributed by atoms with van der Waals surface area (Å²) in [6.45, 7) is 3.94. The molecule has 1 amide bonds. The Morgan fingerprint density at radius 1 is 1.25 bits per heavy atom. The Morgan fingerprint density at radius 3 is 2.67 bits per heavy atom. The molecule has 6 heteroatoms. The molecule has 0 bridgehead atoms. The van der Waals surface area contributed by atoms with Crippen molar-refractivity contribution in [2.24, 2.45) is 0 Å². The van der Waals surface area contributed by atoms with E-state index in [4.69, 9.17) is 9.26 Å². The summed E-state index contributed by atoms with van der Waals surface area (Å²) in [5, 5.41) is 4.04. The lowest BCUT2D eigenvalue weighted by atomic mass is 9.99. The van der Waals surface area contributed by atoms with Crippen molar-refractivity contribution in [1.82, 2.24) is 15.0 Å². The van der Waals surface area contributed by atoms with Crippen LogP contribution in [0.4, 0.5) is 0 Å². The molecular weight excluding hydrogens is 306 g/mol. The minimum absolute atomic E-state index is 0.136. The quantitative estimate of drug-likeness (QED) is 0.815. The van der Waals surface area contributed by atoms with Gasteiger partial charge in [-0.25, -0.2) is 0 Å². The van der Waals surface area contributed by atoms with E-state index >= 15 is 0 Å². The summed E-state index contributed by atoms with van der Waals surface area (Å²) in [6.07, 6.45) is 2.74. The molecule has 1 aliphatic heterocycles. The number of nitrogens with zero attached hydrogens (tertiary/aromatic N) is 3. The molecule has 0 atom stereocenters. The highest BCUT2D eigenvalue weighted by molar-refractivity contribution is 5.79. The van der Waals surface area contributed by atoms with Gasteiger partial charge in [-0.1, -0.05) is 17.3 Å². The molecule has 0 unspecified atom stereocenters.